The van der Waals surface area contributed by atoms with E-state index in [1.165, 1.54) is 0 Å². The molecule has 3 fully saturated rings. The van der Waals surface area contributed by atoms with Crippen LogP contribution in [0.25, 0.3) is 0 Å². The minimum atomic E-state index is -4.68. The highest BCUT2D eigenvalue weighted by molar-refractivity contribution is 5.98. The Balaban J connectivity index is 1.36. The first-order valence-corrected chi connectivity index (χ1v) is 12.5. The lowest BCUT2D eigenvalue weighted by Gasteiger charge is -2.36. The van der Waals surface area contributed by atoms with Gasteiger partial charge in [0, 0.05) is 35.0 Å². The van der Waals surface area contributed by atoms with E-state index in [9.17, 15) is 27.2 Å². The molecule has 1 aliphatic carbocycles. The molecule has 37 heavy (non-hydrogen) atoms. The van der Waals surface area contributed by atoms with Gasteiger partial charge in [0.15, 0.2) is 0 Å². The second kappa shape index (κ2) is 9.70. The SMILES string of the molecule is CC(C)Cc1cc(C(=O)N2[C@@H](C(=O)N[C@@H](c3ccc(C(F)(F)F)cc3F)C3COC3)C[C@H]3C[C@H]32)ccn1. The van der Waals surface area contributed by atoms with Gasteiger partial charge in [0.05, 0.1) is 24.8 Å². The molecule has 10 heteroatoms. The van der Waals surface area contributed by atoms with Gasteiger partial charge in [-0.15, -0.1) is 0 Å². The predicted octanol–water partition coefficient (Wildman–Crippen LogP) is 4.54. The molecule has 0 spiro atoms. The number of aromatic nitrogens is 1. The maximum Gasteiger partial charge on any atom is 0.416 e. The Morgan fingerprint density at radius 3 is 2.54 bits per heavy atom. The quantitative estimate of drug-likeness (QED) is 0.545. The van der Waals surface area contributed by atoms with Gasteiger partial charge in [0.25, 0.3) is 5.91 Å². The molecule has 6 nitrogen and oxygen atoms in total. The first-order valence-electron chi connectivity index (χ1n) is 12.5. The van der Waals surface area contributed by atoms with Crippen LogP contribution < -0.4 is 5.32 Å². The van der Waals surface area contributed by atoms with Crippen LogP contribution in [-0.2, 0) is 22.1 Å². The van der Waals surface area contributed by atoms with Crippen molar-refractivity contribution in [2.24, 2.45) is 17.8 Å². The first-order chi connectivity index (χ1) is 17.5. The van der Waals surface area contributed by atoms with Gasteiger partial charge >= 0.3 is 6.18 Å². The predicted molar refractivity (Wildman–Crippen MR) is 126 cm³/mol. The van der Waals surface area contributed by atoms with Crippen LogP contribution in [0.1, 0.15) is 59.9 Å². The Labute approximate surface area is 212 Å². The van der Waals surface area contributed by atoms with Crippen LogP contribution in [0, 0.1) is 23.6 Å². The summed E-state index contributed by atoms with van der Waals surface area (Å²) in [5.41, 5.74) is 0.151. The van der Waals surface area contributed by atoms with E-state index in [-0.39, 0.29) is 42.6 Å². The molecule has 1 aromatic heterocycles. The van der Waals surface area contributed by atoms with E-state index in [1.54, 1.807) is 23.2 Å². The monoisotopic (exact) mass is 519 g/mol. The Morgan fingerprint density at radius 1 is 1.16 bits per heavy atom. The number of nitrogens with zero attached hydrogens (tertiary/aromatic N) is 2. The molecule has 0 unspecified atom stereocenters. The smallest absolute Gasteiger partial charge is 0.381 e. The van der Waals surface area contributed by atoms with Crippen molar-refractivity contribution in [1.29, 1.82) is 0 Å². The highest BCUT2D eigenvalue weighted by Crippen LogP contribution is 2.48. The number of likely N-dealkylation sites (tertiary alicyclic amines) is 1. The van der Waals surface area contributed by atoms with Crippen LogP contribution in [0.4, 0.5) is 17.6 Å². The van der Waals surface area contributed by atoms with Crippen LogP contribution in [0.2, 0.25) is 0 Å². The molecule has 198 valence electrons. The third-order valence-electron chi connectivity index (χ3n) is 7.42. The third-order valence-corrected chi connectivity index (χ3v) is 7.42. The molecule has 2 amide bonds. The van der Waals surface area contributed by atoms with Crippen molar-refractivity contribution in [3.05, 3.63) is 64.7 Å². The summed E-state index contributed by atoms with van der Waals surface area (Å²) in [5, 5.41) is 2.84. The number of hydrogen-bond donors (Lipinski definition) is 1. The average molecular weight is 520 g/mol. The number of ether oxygens (including phenoxy) is 1. The lowest BCUT2D eigenvalue weighted by atomic mass is 9.90. The zero-order chi connectivity index (χ0) is 26.5. The molecule has 1 saturated carbocycles. The zero-order valence-electron chi connectivity index (χ0n) is 20.6. The van der Waals surface area contributed by atoms with E-state index in [0.29, 0.717) is 24.0 Å². The molecule has 4 atom stereocenters. The van der Waals surface area contributed by atoms with Gasteiger partial charge in [0.2, 0.25) is 5.91 Å². The van der Waals surface area contributed by atoms with Crippen LogP contribution in [-0.4, -0.2) is 47.0 Å². The van der Waals surface area contributed by atoms with Gasteiger partial charge in [-0.1, -0.05) is 19.9 Å². The summed E-state index contributed by atoms with van der Waals surface area (Å²) < 4.78 is 59.2. The molecular formula is C27H29F4N3O3. The molecule has 3 heterocycles. The molecule has 1 N–H and O–H groups in total. The Hall–Kier alpha value is -3.01. The lowest BCUT2D eigenvalue weighted by Crippen LogP contribution is -2.51. The van der Waals surface area contributed by atoms with E-state index in [1.807, 2.05) is 0 Å². The number of fused-ring (bicyclic) bond motifs is 1. The third kappa shape index (κ3) is 5.21. The summed E-state index contributed by atoms with van der Waals surface area (Å²) in [6.45, 7) is 4.63. The molecule has 2 aliphatic heterocycles. The van der Waals surface area contributed by atoms with Gasteiger partial charge in [-0.25, -0.2) is 4.39 Å². The minimum Gasteiger partial charge on any atom is -0.381 e. The highest BCUT2D eigenvalue weighted by atomic mass is 19.4. The molecule has 1 aromatic carbocycles. The number of carbonyl (C=O) groups is 2. The topological polar surface area (TPSA) is 71.5 Å². The van der Waals surface area contributed by atoms with Crippen LogP contribution >= 0.6 is 0 Å². The highest BCUT2D eigenvalue weighted by Gasteiger charge is 2.56. The van der Waals surface area contributed by atoms with E-state index in [2.05, 4.69) is 24.1 Å². The van der Waals surface area contributed by atoms with E-state index >= 15 is 0 Å². The summed E-state index contributed by atoms with van der Waals surface area (Å²) in [4.78, 5) is 32.9. The number of halogens is 4. The number of pyridine rings is 1. The van der Waals surface area contributed by atoms with Gasteiger partial charge in [-0.2, -0.15) is 13.2 Å². The van der Waals surface area contributed by atoms with Gasteiger partial charge < -0.3 is 15.0 Å². The van der Waals surface area contributed by atoms with Crippen molar-refractivity contribution in [2.75, 3.05) is 13.2 Å². The molecule has 3 aliphatic rings. The second-order valence-corrected chi connectivity index (χ2v) is 10.7. The summed E-state index contributed by atoms with van der Waals surface area (Å²) in [6.07, 6.45) is -1.03. The summed E-state index contributed by atoms with van der Waals surface area (Å²) >= 11 is 0. The number of alkyl halides is 3. The fraction of sp³-hybridized carbons (Fsp3) is 0.519. The number of piperidine rings is 1. The number of benzene rings is 1. The minimum absolute atomic E-state index is 0.0249. The molecule has 0 bridgehead atoms. The molecular weight excluding hydrogens is 490 g/mol. The number of rotatable bonds is 7. The standard InChI is InChI=1S/C27H29F4N3O3/c1-14(2)7-19-8-15(5-6-32-19)26(36)34-22-9-16(22)10-23(34)25(35)33-24(17-12-37-13-17)20-4-3-18(11-21(20)28)27(29,30)31/h3-6,8,11,14,16-17,22-24H,7,9-10,12-13H2,1-2H3,(H,33,35)/t16-,22-,23-,24-/m1/s1. The molecule has 2 aromatic rings. The van der Waals surface area contributed by atoms with Crippen molar-refractivity contribution in [3.63, 3.8) is 0 Å². The van der Waals surface area contributed by atoms with Crippen molar-refractivity contribution in [3.8, 4) is 0 Å². The summed E-state index contributed by atoms with van der Waals surface area (Å²) in [6, 6.07) is 4.11. The number of amides is 2. The number of nitrogens with one attached hydrogen (secondary N) is 1. The van der Waals surface area contributed by atoms with Crippen LogP contribution in [0.15, 0.2) is 36.5 Å². The number of carbonyl (C=O) groups excluding carboxylic acids is 2. The Bertz CT molecular complexity index is 1200. The maximum absolute atomic E-state index is 14.8. The fourth-order valence-corrected chi connectivity index (χ4v) is 5.37. The van der Waals surface area contributed by atoms with Crippen molar-refractivity contribution >= 4 is 11.8 Å². The van der Waals surface area contributed by atoms with E-state index < -0.39 is 35.5 Å². The molecule has 0 radical (unpaired) electrons. The normalized spacial score (nSPS) is 24.0. The first kappa shape index (κ1) is 25.6. The van der Waals surface area contributed by atoms with Gasteiger partial charge in [0.1, 0.15) is 11.9 Å². The zero-order valence-corrected chi connectivity index (χ0v) is 20.6. The Morgan fingerprint density at radius 2 is 1.92 bits per heavy atom. The van der Waals surface area contributed by atoms with Crippen molar-refractivity contribution in [1.82, 2.24) is 15.2 Å². The van der Waals surface area contributed by atoms with Gasteiger partial charge in [-0.3, -0.25) is 14.6 Å². The molecule has 2 saturated heterocycles. The largest absolute Gasteiger partial charge is 0.416 e. The average Bonchev–Trinajstić information content (AvgIpc) is 3.45. The van der Waals surface area contributed by atoms with Crippen LogP contribution in [0.5, 0.6) is 0 Å². The summed E-state index contributed by atoms with van der Waals surface area (Å²) in [5.74, 6) is -1.41. The Kier molecular flexibility index (Phi) is 6.72. The van der Waals surface area contributed by atoms with Crippen LogP contribution in [0.3, 0.4) is 0 Å². The van der Waals surface area contributed by atoms with Crippen molar-refractivity contribution in [2.45, 2.75) is 57.4 Å². The second-order valence-electron chi connectivity index (χ2n) is 10.7. The molecule has 5 rings (SSSR count). The summed E-state index contributed by atoms with van der Waals surface area (Å²) in [7, 11) is 0. The van der Waals surface area contributed by atoms with Gasteiger partial charge in [-0.05, 0) is 55.4 Å². The van der Waals surface area contributed by atoms with E-state index in [4.69, 9.17) is 4.74 Å². The number of hydrogen-bond acceptors (Lipinski definition) is 4. The van der Waals surface area contributed by atoms with E-state index in [0.717, 1.165) is 30.7 Å². The maximum atomic E-state index is 14.8. The lowest BCUT2D eigenvalue weighted by molar-refractivity contribution is -0.138. The fourth-order valence-electron chi connectivity index (χ4n) is 5.37. The van der Waals surface area contributed by atoms with Crippen molar-refractivity contribution < 1.29 is 31.9 Å².